The number of fused-ring (bicyclic) bond motifs is 1. The highest BCUT2D eigenvalue weighted by Gasteiger charge is 2.24. The maximum absolute atomic E-state index is 13.8. The van der Waals surface area contributed by atoms with Crippen molar-refractivity contribution in [3.05, 3.63) is 141 Å². The number of ether oxygens (including phenoxy) is 1. The van der Waals surface area contributed by atoms with Crippen LogP contribution < -0.4 is 20.9 Å². The summed E-state index contributed by atoms with van der Waals surface area (Å²) in [5, 5.41) is 16.8. The van der Waals surface area contributed by atoms with Gasteiger partial charge in [-0.15, -0.1) is 0 Å². The smallest absolute Gasteiger partial charge is 0.307 e. The van der Waals surface area contributed by atoms with E-state index in [1.165, 1.54) is 4.57 Å². The molecule has 0 saturated heterocycles. The lowest BCUT2D eigenvalue weighted by Crippen LogP contribution is -2.46. The molecule has 234 valence electrons. The van der Waals surface area contributed by atoms with Gasteiger partial charge in [-0.2, -0.15) is 0 Å². The molecule has 5 rings (SSSR count). The van der Waals surface area contributed by atoms with Crippen LogP contribution in [0.25, 0.3) is 10.8 Å². The van der Waals surface area contributed by atoms with Crippen LogP contribution in [-0.4, -0.2) is 40.6 Å². The van der Waals surface area contributed by atoms with Crippen LogP contribution in [0.3, 0.4) is 0 Å². The van der Waals surface area contributed by atoms with Crippen LogP contribution in [0.2, 0.25) is 0 Å². The highest BCUT2D eigenvalue weighted by atomic mass is 16.5. The zero-order chi connectivity index (χ0) is 32.6. The summed E-state index contributed by atoms with van der Waals surface area (Å²) in [7, 11) is 1.59. The zero-order valence-electron chi connectivity index (χ0n) is 25.7. The molecule has 0 spiro atoms. The monoisotopic (exact) mass is 617 g/mol. The molecule has 0 bridgehead atoms. The SMILES string of the molecule is COc1ccc(Cn2ccc(C)c(NC(=O)C(Cc3ccc(CC(=O)O)cc3)NC(=O)Cc3cccc4ccccc34)c2=O)cc1. The molecule has 0 aliphatic carbocycles. The Morgan fingerprint density at radius 1 is 0.826 bits per heavy atom. The second-order valence-corrected chi connectivity index (χ2v) is 11.2. The van der Waals surface area contributed by atoms with Crippen molar-refractivity contribution in [2.75, 3.05) is 12.4 Å². The molecule has 0 fully saturated rings. The number of nitrogens with zero attached hydrogens (tertiary/aromatic N) is 1. The van der Waals surface area contributed by atoms with Crippen molar-refractivity contribution >= 4 is 34.2 Å². The number of hydrogen-bond acceptors (Lipinski definition) is 5. The number of methoxy groups -OCH3 is 1. The van der Waals surface area contributed by atoms with Crippen molar-refractivity contribution in [1.82, 2.24) is 9.88 Å². The van der Waals surface area contributed by atoms with Crippen LogP contribution in [0.15, 0.2) is 108 Å². The van der Waals surface area contributed by atoms with Crippen molar-refractivity contribution in [1.29, 1.82) is 0 Å². The molecule has 0 aliphatic rings. The number of carboxylic acids is 1. The second kappa shape index (κ2) is 14.4. The van der Waals surface area contributed by atoms with E-state index in [0.29, 0.717) is 23.4 Å². The Hall–Kier alpha value is -5.70. The molecule has 0 saturated carbocycles. The highest BCUT2D eigenvalue weighted by Crippen LogP contribution is 2.20. The summed E-state index contributed by atoms with van der Waals surface area (Å²) in [6.45, 7) is 2.03. The fourth-order valence-electron chi connectivity index (χ4n) is 5.36. The number of carbonyl (C=O) groups is 3. The Morgan fingerprint density at radius 2 is 1.50 bits per heavy atom. The average Bonchev–Trinajstić information content (AvgIpc) is 3.05. The van der Waals surface area contributed by atoms with Crippen LogP contribution in [0.1, 0.15) is 27.8 Å². The molecule has 9 nitrogen and oxygen atoms in total. The largest absolute Gasteiger partial charge is 0.497 e. The van der Waals surface area contributed by atoms with Crippen LogP contribution in [0, 0.1) is 6.92 Å². The van der Waals surface area contributed by atoms with E-state index in [1.54, 1.807) is 50.6 Å². The first kappa shape index (κ1) is 31.7. The lowest BCUT2D eigenvalue weighted by Gasteiger charge is -2.20. The number of rotatable bonds is 12. The number of carboxylic acid groups (broad SMARTS) is 1. The Morgan fingerprint density at radius 3 is 2.22 bits per heavy atom. The molecule has 3 N–H and O–H groups in total. The first-order chi connectivity index (χ1) is 22.2. The Kier molecular flexibility index (Phi) is 9.92. The summed E-state index contributed by atoms with van der Waals surface area (Å²) in [5.41, 5.74) is 3.40. The number of aliphatic carboxylic acids is 1. The summed E-state index contributed by atoms with van der Waals surface area (Å²) in [6.07, 6.45) is 1.75. The summed E-state index contributed by atoms with van der Waals surface area (Å²) in [5.74, 6) is -1.12. The summed E-state index contributed by atoms with van der Waals surface area (Å²) >= 11 is 0. The topological polar surface area (TPSA) is 127 Å². The zero-order valence-corrected chi connectivity index (χ0v) is 25.7. The predicted molar refractivity (Wildman–Crippen MR) is 177 cm³/mol. The third kappa shape index (κ3) is 7.87. The summed E-state index contributed by atoms with van der Waals surface area (Å²) < 4.78 is 6.73. The molecule has 1 unspecified atom stereocenters. The Labute approximate surface area is 266 Å². The van der Waals surface area contributed by atoms with Crippen molar-refractivity contribution in [2.24, 2.45) is 0 Å². The van der Waals surface area contributed by atoms with Gasteiger partial charge in [0.2, 0.25) is 11.8 Å². The number of carbonyl (C=O) groups excluding carboxylic acids is 2. The van der Waals surface area contributed by atoms with Gasteiger partial charge in [-0.1, -0.05) is 78.9 Å². The maximum Gasteiger partial charge on any atom is 0.307 e. The first-order valence-electron chi connectivity index (χ1n) is 14.9. The van der Waals surface area contributed by atoms with Crippen molar-refractivity contribution < 1.29 is 24.2 Å². The second-order valence-electron chi connectivity index (χ2n) is 11.2. The standard InChI is InChI=1S/C37H35N3O6/c1-24-18-19-40(23-27-14-16-30(46-2)17-15-27)37(45)35(24)39-36(44)32(20-25-10-12-26(13-11-25)21-34(42)43)38-33(41)22-29-8-5-7-28-6-3-4-9-31(28)29/h3-19,32H,20-23H2,1-2H3,(H,38,41)(H,39,44)(H,42,43). The summed E-state index contributed by atoms with van der Waals surface area (Å²) in [4.78, 5) is 51.9. The van der Waals surface area contributed by atoms with E-state index in [1.807, 2.05) is 66.7 Å². The lowest BCUT2D eigenvalue weighted by molar-refractivity contribution is -0.136. The molecule has 4 aromatic carbocycles. The van der Waals surface area contributed by atoms with Crippen molar-refractivity contribution in [2.45, 2.75) is 38.8 Å². The van der Waals surface area contributed by atoms with E-state index in [-0.39, 0.29) is 36.4 Å². The minimum atomic E-state index is -1.01. The molecule has 1 heterocycles. The van der Waals surface area contributed by atoms with Gasteiger partial charge in [0.15, 0.2) is 0 Å². The molecule has 46 heavy (non-hydrogen) atoms. The minimum Gasteiger partial charge on any atom is -0.497 e. The Balaban J connectivity index is 1.38. The molecule has 1 atom stereocenters. The number of benzene rings is 4. The van der Waals surface area contributed by atoms with Gasteiger partial charge >= 0.3 is 5.97 Å². The van der Waals surface area contributed by atoms with Crippen LogP contribution in [-0.2, 0) is 40.2 Å². The number of hydrogen-bond donors (Lipinski definition) is 3. The predicted octanol–water partition coefficient (Wildman–Crippen LogP) is 4.90. The van der Waals surface area contributed by atoms with E-state index in [0.717, 1.165) is 27.5 Å². The van der Waals surface area contributed by atoms with E-state index < -0.39 is 17.9 Å². The number of aromatic nitrogens is 1. The fraction of sp³-hybridized carbons (Fsp3) is 0.189. The average molecular weight is 618 g/mol. The Bertz CT molecular complexity index is 1930. The molecule has 9 heteroatoms. The highest BCUT2D eigenvalue weighted by molar-refractivity contribution is 5.98. The molecule has 5 aromatic rings. The van der Waals surface area contributed by atoms with Gasteiger partial charge < -0.3 is 25.0 Å². The lowest BCUT2D eigenvalue weighted by atomic mass is 10.0. The van der Waals surface area contributed by atoms with Crippen molar-refractivity contribution in [3.63, 3.8) is 0 Å². The van der Waals surface area contributed by atoms with E-state index >= 15 is 0 Å². The number of nitrogens with one attached hydrogen (secondary N) is 2. The fourth-order valence-corrected chi connectivity index (χ4v) is 5.36. The van der Waals surface area contributed by atoms with Crippen LogP contribution in [0.4, 0.5) is 5.69 Å². The van der Waals surface area contributed by atoms with Gasteiger partial charge in [0.25, 0.3) is 5.56 Å². The summed E-state index contributed by atoms with van der Waals surface area (Å²) in [6, 6.07) is 28.5. The van der Waals surface area contributed by atoms with E-state index in [9.17, 15) is 19.2 Å². The number of amides is 2. The van der Waals surface area contributed by atoms with Gasteiger partial charge in [0.1, 0.15) is 17.5 Å². The van der Waals surface area contributed by atoms with Crippen molar-refractivity contribution in [3.8, 4) is 5.75 Å². The maximum atomic E-state index is 13.8. The molecule has 1 aromatic heterocycles. The third-order valence-corrected chi connectivity index (χ3v) is 7.83. The third-order valence-electron chi connectivity index (χ3n) is 7.83. The molecule has 0 aliphatic heterocycles. The minimum absolute atomic E-state index is 0.0573. The first-order valence-corrected chi connectivity index (χ1v) is 14.9. The van der Waals surface area contributed by atoms with E-state index in [4.69, 9.17) is 9.84 Å². The number of pyridine rings is 1. The quantitative estimate of drug-likeness (QED) is 0.183. The van der Waals surface area contributed by atoms with Crippen LogP contribution >= 0.6 is 0 Å². The van der Waals surface area contributed by atoms with Gasteiger partial charge in [-0.05, 0) is 63.7 Å². The normalized spacial score (nSPS) is 11.5. The number of aryl methyl sites for hydroxylation is 1. The van der Waals surface area contributed by atoms with Gasteiger partial charge in [-0.25, -0.2) is 0 Å². The molecule has 2 amide bonds. The molecular weight excluding hydrogens is 582 g/mol. The van der Waals surface area contributed by atoms with Gasteiger partial charge in [-0.3, -0.25) is 19.2 Å². The molecular formula is C37H35N3O6. The van der Waals surface area contributed by atoms with E-state index in [2.05, 4.69) is 10.6 Å². The van der Waals surface area contributed by atoms with Crippen LogP contribution in [0.5, 0.6) is 5.75 Å². The van der Waals surface area contributed by atoms with Gasteiger partial charge in [0, 0.05) is 12.6 Å². The molecule has 0 radical (unpaired) electrons. The number of anilines is 1. The van der Waals surface area contributed by atoms with Gasteiger partial charge in [0.05, 0.1) is 26.5 Å².